The van der Waals surface area contributed by atoms with E-state index in [0.717, 1.165) is 28.4 Å². The van der Waals surface area contributed by atoms with E-state index < -0.39 is 0 Å². The third-order valence-electron chi connectivity index (χ3n) is 2.33. The molecule has 1 amide bonds. The highest BCUT2D eigenvalue weighted by Crippen LogP contribution is 2.25. The second-order valence-corrected chi connectivity index (χ2v) is 5.50. The average molecular weight is 313 g/mol. The maximum Gasteiger partial charge on any atom is 0.226 e. The monoisotopic (exact) mass is 312 g/mol. The largest absolute Gasteiger partial charge is 0.302 e. The number of hydrogen-bond donors (Lipinski definition) is 1. The van der Waals surface area contributed by atoms with Gasteiger partial charge in [0, 0.05) is 11.8 Å². The maximum absolute atomic E-state index is 11.6. The lowest BCUT2D eigenvalue weighted by molar-refractivity contribution is -0.116. The number of benzene rings is 1. The third-order valence-corrected chi connectivity index (χ3v) is 3.84. The molecular weight excluding hydrogens is 300 g/mol. The molecule has 90 valence electrons. The van der Waals surface area contributed by atoms with Crippen LogP contribution in [0, 0.1) is 0 Å². The minimum Gasteiger partial charge on any atom is -0.302 e. The molecule has 1 N–H and O–H groups in total. The molecule has 3 nitrogen and oxygen atoms in total. The Kier molecular flexibility index (Phi) is 4.50. The first kappa shape index (κ1) is 12.5. The molecule has 0 bridgehead atoms. The molecule has 0 aliphatic heterocycles. The number of aromatic nitrogens is 1. The number of carbonyl (C=O) groups is 1. The fourth-order valence-electron chi connectivity index (χ4n) is 1.49. The van der Waals surface area contributed by atoms with Gasteiger partial charge in [-0.05, 0) is 25.0 Å². The van der Waals surface area contributed by atoms with Crippen molar-refractivity contribution < 1.29 is 4.79 Å². The van der Waals surface area contributed by atoms with Crippen molar-refractivity contribution in [1.29, 1.82) is 0 Å². The molecule has 0 aliphatic carbocycles. The molecule has 2 rings (SSSR count). The van der Waals surface area contributed by atoms with Crippen LogP contribution in [0.5, 0.6) is 0 Å². The molecule has 2 aromatic rings. The molecule has 0 unspecified atom stereocenters. The number of rotatable bonds is 5. The summed E-state index contributed by atoms with van der Waals surface area (Å²) in [5, 5.41) is 4.48. The first-order chi connectivity index (χ1) is 8.29. The number of unbranched alkanes of at least 4 members (excludes halogenated alkanes) is 1. The zero-order valence-corrected chi connectivity index (χ0v) is 11.7. The van der Waals surface area contributed by atoms with Crippen LogP contribution in [0.3, 0.4) is 0 Å². The number of alkyl halides is 1. The molecule has 1 aromatic carbocycles. The van der Waals surface area contributed by atoms with E-state index in [4.69, 9.17) is 0 Å². The van der Waals surface area contributed by atoms with Crippen LogP contribution < -0.4 is 5.32 Å². The van der Waals surface area contributed by atoms with E-state index in [9.17, 15) is 4.79 Å². The molecule has 0 aliphatic rings. The van der Waals surface area contributed by atoms with Gasteiger partial charge in [-0.1, -0.05) is 39.4 Å². The molecule has 0 radical (unpaired) electrons. The van der Waals surface area contributed by atoms with Crippen molar-refractivity contribution in [1.82, 2.24) is 4.98 Å². The standard InChI is InChI=1S/C12H13BrN2OS/c13-8-4-3-7-11(16)15-12-14-9-5-1-2-6-10(9)17-12/h1-2,5-6H,3-4,7-8H2,(H,14,15,16). The molecule has 0 fully saturated rings. The summed E-state index contributed by atoms with van der Waals surface area (Å²) in [6.07, 6.45) is 2.48. The number of thiazole rings is 1. The summed E-state index contributed by atoms with van der Waals surface area (Å²) in [6.45, 7) is 0. The van der Waals surface area contributed by atoms with Crippen LogP contribution in [-0.2, 0) is 4.79 Å². The third kappa shape index (κ3) is 3.51. The summed E-state index contributed by atoms with van der Waals surface area (Å²) in [4.78, 5) is 16.0. The fourth-order valence-corrected chi connectivity index (χ4v) is 2.77. The Bertz CT molecular complexity index is 479. The quantitative estimate of drug-likeness (QED) is 0.674. The minimum atomic E-state index is 0.0463. The minimum absolute atomic E-state index is 0.0463. The Morgan fingerprint density at radius 3 is 2.94 bits per heavy atom. The van der Waals surface area contributed by atoms with Crippen LogP contribution >= 0.6 is 27.3 Å². The molecule has 0 saturated heterocycles. The Labute approximate surface area is 112 Å². The normalized spacial score (nSPS) is 10.6. The first-order valence-electron chi connectivity index (χ1n) is 5.51. The second-order valence-electron chi connectivity index (χ2n) is 3.68. The van der Waals surface area contributed by atoms with Gasteiger partial charge in [0.2, 0.25) is 5.91 Å². The number of para-hydroxylation sites is 1. The number of nitrogens with zero attached hydrogens (tertiary/aromatic N) is 1. The highest BCUT2D eigenvalue weighted by molar-refractivity contribution is 9.09. The van der Waals surface area contributed by atoms with Crippen LogP contribution in [0.2, 0.25) is 0 Å². The van der Waals surface area contributed by atoms with E-state index in [1.807, 2.05) is 24.3 Å². The van der Waals surface area contributed by atoms with E-state index in [1.54, 1.807) is 0 Å². The van der Waals surface area contributed by atoms with Gasteiger partial charge in [-0.15, -0.1) is 0 Å². The summed E-state index contributed by atoms with van der Waals surface area (Å²) in [7, 11) is 0. The summed E-state index contributed by atoms with van der Waals surface area (Å²) in [5.74, 6) is 0.0463. The number of nitrogens with one attached hydrogen (secondary N) is 1. The molecular formula is C12H13BrN2OS. The van der Waals surface area contributed by atoms with Crippen LogP contribution in [0.25, 0.3) is 10.2 Å². The van der Waals surface area contributed by atoms with Gasteiger partial charge in [0.05, 0.1) is 10.2 Å². The predicted molar refractivity (Wildman–Crippen MR) is 75.9 cm³/mol. The number of carbonyl (C=O) groups excluding carboxylic acids is 1. The Balaban J connectivity index is 1.96. The van der Waals surface area contributed by atoms with E-state index >= 15 is 0 Å². The van der Waals surface area contributed by atoms with Crippen molar-refractivity contribution in [3.05, 3.63) is 24.3 Å². The van der Waals surface area contributed by atoms with Gasteiger partial charge in [-0.3, -0.25) is 4.79 Å². The number of hydrogen-bond acceptors (Lipinski definition) is 3. The Morgan fingerprint density at radius 1 is 1.35 bits per heavy atom. The lowest BCUT2D eigenvalue weighted by Crippen LogP contribution is -2.10. The van der Waals surface area contributed by atoms with Crippen LogP contribution in [0.1, 0.15) is 19.3 Å². The van der Waals surface area contributed by atoms with Gasteiger partial charge in [-0.2, -0.15) is 0 Å². The van der Waals surface area contributed by atoms with Gasteiger partial charge < -0.3 is 5.32 Å². The average Bonchev–Trinajstić information content (AvgIpc) is 2.71. The van der Waals surface area contributed by atoms with Crippen molar-refractivity contribution in [2.45, 2.75) is 19.3 Å². The van der Waals surface area contributed by atoms with Crippen LogP contribution in [0.4, 0.5) is 5.13 Å². The molecule has 5 heteroatoms. The van der Waals surface area contributed by atoms with Crippen molar-refractivity contribution in [3.8, 4) is 0 Å². The Morgan fingerprint density at radius 2 is 2.18 bits per heavy atom. The number of fused-ring (bicyclic) bond motifs is 1. The summed E-state index contributed by atoms with van der Waals surface area (Å²) in [6, 6.07) is 7.88. The van der Waals surface area contributed by atoms with E-state index in [2.05, 4.69) is 26.2 Å². The van der Waals surface area contributed by atoms with Gasteiger partial charge in [0.1, 0.15) is 0 Å². The molecule has 17 heavy (non-hydrogen) atoms. The number of halogens is 1. The van der Waals surface area contributed by atoms with E-state index in [-0.39, 0.29) is 5.91 Å². The smallest absolute Gasteiger partial charge is 0.226 e. The SMILES string of the molecule is O=C(CCCCBr)Nc1nc2ccccc2s1. The van der Waals surface area contributed by atoms with Crippen molar-refractivity contribution in [3.63, 3.8) is 0 Å². The highest BCUT2D eigenvalue weighted by atomic mass is 79.9. The number of amides is 1. The zero-order chi connectivity index (χ0) is 12.1. The summed E-state index contributed by atoms with van der Waals surface area (Å²) < 4.78 is 1.10. The summed E-state index contributed by atoms with van der Waals surface area (Å²) >= 11 is 4.86. The second kappa shape index (κ2) is 6.12. The molecule has 0 atom stereocenters. The van der Waals surface area contributed by atoms with E-state index in [1.165, 1.54) is 11.3 Å². The topological polar surface area (TPSA) is 42.0 Å². The first-order valence-corrected chi connectivity index (χ1v) is 7.45. The lowest BCUT2D eigenvalue weighted by Gasteiger charge is -1.99. The van der Waals surface area contributed by atoms with Crippen LogP contribution in [0.15, 0.2) is 24.3 Å². The number of anilines is 1. The Hall–Kier alpha value is -0.940. The lowest BCUT2D eigenvalue weighted by atomic mass is 10.2. The van der Waals surface area contributed by atoms with Gasteiger partial charge in [0.25, 0.3) is 0 Å². The van der Waals surface area contributed by atoms with Gasteiger partial charge >= 0.3 is 0 Å². The van der Waals surface area contributed by atoms with Crippen LogP contribution in [-0.4, -0.2) is 16.2 Å². The molecule has 1 heterocycles. The van der Waals surface area contributed by atoms with Crippen molar-refractivity contribution >= 4 is 48.5 Å². The van der Waals surface area contributed by atoms with Gasteiger partial charge in [-0.25, -0.2) is 4.98 Å². The highest BCUT2D eigenvalue weighted by Gasteiger charge is 2.06. The summed E-state index contributed by atoms with van der Waals surface area (Å²) in [5.41, 5.74) is 0.938. The fraction of sp³-hybridized carbons (Fsp3) is 0.333. The molecule has 1 aromatic heterocycles. The predicted octanol–water partition coefficient (Wildman–Crippen LogP) is 3.80. The zero-order valence-electron chi connectivity index (χ0n) is 9.28. The maximum atomic E-state index is 11.6. The van der Waals surface area contributed by atoms with Crippen molar-refractivity contribution in [2.24, 2.45) is 0 Å². The van der Waals surface area contributed by atoms with Crippen molar-refractivity contribution in [2.75, 3.05) is 10.6 Å². The van der Waals surface area contributed by atoms with Gasteiger partial charge in [0.15, 0.2) is 5.13 Å². The molecule has 0 spiro atoms. The van der Waals surface area contributed by atoms with E-state index in [0.29, 0.717) is 11.6 Å². The molecule has 0 saturated carbocycles.